The maximum absolute atomic E-state index is 11.7. The molecule has 0 saturated heterocycles. The molecule has 25 heteroatoms. The Morgan fingerprint density at radius 1 is 0.661 bits per heavy atom. The van der Waals surface area contributed by atoms with Gasteiger partial charge in [-0.05, 0) is 61.0 Å². The van der Waals surface area contributed by atoms with Gasteiger partial charge in [-0.15, -0.1) is 20.4 Å². The van der Waals surface area contributed by atoms with Gasteiger partial charge in [0.15, 0.2) is 11.5 Å². The molecule has 0 aliphatic rings. The minimum absolute atomic E-state index is 0.0158. The van der Waals surface area contributed by atoms with Crippen LogP contribution < -0.4 is 16.4 Å². The highest BCUT2D eigenvalue weighted by Gasteiger charge is 2.21. The maximum Gasteiger partial charge on any atom is 0.336 e. The molecule has 0 atom stereocenters. The molecule has 6 aromatic rings. The zero-order valence-electron chi connectivity index (χ0n) is 29.5. The molecule has 0 aliphatic heterocycles. The van der Waals surface area contributed by atoms with Crippen molar-refractivity contribution in [3.05, 3.63) is 104 Å². The average Bonchev–Trinajstić information content (AvgIpc) is 3.74. The van der Waals surface area contributed by atoms with E-state index in [0.29, 0.717) is 10.6 Å². The van der Waals surface area contributed by atoms with Crippen LogP contribution >= 0.6 is 11.3 Å². The number of nitrogens with one attached hydrogen (secondary N) is 2. The Morgan fingerprint density at radius 3 is 1.64 bits per heavy atom. The highest BCUT2D eigenvalue weighted by molar-refractivity contribution is 7.14. The van der Waals surface area contributed by atoms with Gasteiger partial charge in [-0.25, -0.2) is 28.8 Å². The fourth-order valence-corrected chi connectivity index (χ4v) is 5.92. The molecule has 3 aromatic carbocycles. The Balaban J connectivity index is 1.35. The third kappa shape index (κ3) is 9.05. The van der Waals surface area contributed by atoms with Crippen molar-refractivity contribution < 1.29 is 59.4 Å². The van der Waals surface area contributed by atoms with Crippen LogP contribution in [0.15, 0.2) is 64.8 Å². The largest absolute Gasteiger partial charge is 0.478 e. The van der Waals surface area contributed by atoms with E-state index in [2.05, 4.69) is 51.1 Å². The summed E-state index contributed by atoms with van der Waals surface area (Å²) in [6.07, 6.45) is 0.0923. The van der Waals surface area contributed by atoms with Gasteiger partial charge in [0.25, 0.3) is 11.1 Å². The number of nitrogens with zero attached hydrogens (tertiary/aromatic N) is 9. The van der Waals surface area contributed by atoms with Gasteiger partial charge >= 0.3 is 35.8 Å². The molecule has 3 heterocycles. The zero-order valence-corrected chi connectivity index (χ0v) is 30.4. The SMILES string of the molecule is Cc1nn(-c2nc(Nc3cc(C(=O)O)cc(C(=O)O)c3)nc(Nc3cc(C(=O)O)cc(C(=O)O)c3)n2)c(N)c1N=Nc1nnc(Cc2ccc(C(=O)O)c(C(=O)O)c2)s1. The Kier molecular flexibility index (Phi) is 10.9. The average molecular weight is 825 g/mol. The number of carboxylic acid groups (broad SMARTS) is 6. The Morgan fingerprint density at radius 2 is 1.17 bits per heavy atom. The first-order valence-corrected chi connectivity index (χ1v) is 17.0. The molecule has 0 saturated carbocycles. The van der Waals surface area contributed by atoms with Gasteiger partial charge < -0.3 is 47.0 Å². The number of carbonyl (C=O) groups is 6. The van der Waals surface area contributed by atoms with E-state index in [-0.39, 0.29) is 63.5 Å². The number of nitrogen functional groups attached to an aromatic ring is 1. The predicted molar refractivity (Wildman–Crippen MR) is 201 cm³/mol. The second kappa shape index (κ2) is 16.2. The summed E-state index contributed by atoms with van der Waals surface area (Å²) in [6.45, 7) is 1.52. The first-order chi connectivity index (χ1) is 27.9. The zero-order chi connectivity index (χ0) is 42.7. The van der Waals surface area contributed by atoms with E-state index in [1.165, 1.54) is 25.1 Å². The molecule has 6 rings (SSSR count). The summed E-state index contributed by atoms with van der Waals surface area (Å²) < 4.78 is 1.01. The molecule has 0 radical (unpaired) electrons. The molecule has 298 valence electrons. The fourth-order valence-electron chi connectivity index (χ4n) is 5.22. The third-order valence-electron chi connectivity index (χ3n) is 7.83. The van der Waals surface area contributed by atoms with Crippen LogP contribution in [-0.4, -0.2) is 101 Å². The van der Waals surface area contributed by atoms with Crippen LogP contribution in [0, 0.1) is 6.92 Å². The summed E-state index contributed by atoms with van der Waals surface area (Å²) >= 11 is 0.992. The number of aromatic carboxylic acids is 6. The Bertz CT molecular complexity index is 2620. The van der Waals surface area contributed by atoms with Gasteiger partial charge in [0, 0.05) is 17.8 Å². The smallest absolute Gasteiger partial charge is 0.336 e. The quantitative estimate of drug-likeness (QED) is 0.0644. The highest BCUT2D eigenvalue weighted by atomic mass is 32.1. The fraction of sp³-hybridized carbons (Fsp3) is 0.0588. The number of nitrogens with two attached hydrogens (primary N) is 1. The van der Waals surface area contributed by atoms with Crippen molar-refractivity contribution in [1.29, 1.82) is 0 Å². The number of hydrogen-bond donors (Lipinski definition) is 9. The molecule has 24 nitrogen and oxygen atoms in total. The topological polar surface area (TPSA) is 381 Å². The Hall–Kier alpha value is -8.74. The first kappa shape index (κ1) is 39.9. The van der Waals surface area contributed by atoms with Crippen LogP contribution in [0.1, 0.15) is 78.4 Å². The number of benzene rings is 3. The van der Waals surface area contributed by atoms with Crippen molar-refractivity contribution in [3.63, 3.8) is 0 Å². The lowest BCUT2D eigenvalue weighted by atomic mass is 10.0. The van der Waals surface area contributed by atoms with Gasteiger partial charge in [-0.1, -0.05) is 17.4 Å². The van der Waals surface area contributed by atoms with Crippen LogP contribution in [-0.2, 0) is 6.42 Å². The summed E-state index contributed by atoms with van der Waals surface area (Å²) in [5.41, 5.74) is 4.58. The second-order valence-electron chi connectivity index (χ2n) is 11.9. The van der Waals surface area contributed by atoms with Crippen molar-refractivity contribution in [2.75, 3.05) is 16.4 Å². The van der Waals surface area contributed by atoms with E-state index in [0.717, 1.165) is 52.4 Å². The number of anilines is 5. The minimum Gasteiger partial charge on any atom is -0.478 e. The number of rotatable bonds is 15. The molecular formula is C34H24N12O12S. The van der Waals surface area contributed by atoms with Crippen molar-refractivity contribution >= 4 is 87.1 Å². The van der Waals surface area contributed by atoms with E-state index in [1.807, 2.05) is 0 Å². The van der Waals surface area contributed by atoms with Crippen LogP contribution in [0.5, 0.6) is 0 Å². The summed E-state index contributed by atoms with van der Waals surface area (Å²) in [5, 5.41) is 83.3. The lowest BCUT2D eigenvalue weighted by Gasteiger charge is -2.12. The summed E-state index contributed by atoms with van der Waals surface area (Å²) in [4.78, 5) is 82.7. The van der Waals surface area contributed by atoms with Crippen LogP contribution in [0.25, 0.3) is 5.95 Å². The monoisotopic (exact) mass is 824 g/mol. The number of aryl methyl sites for hydroxylation is 1. The van der Waals surface area contributed by atoms with Gasteiger partial charge in [0.05, 0.1) is 39.1 Å². The minimum atomic E-state index is -1.43. The Labute approximate surface area is 331 Å². The lowest BCUT2D eigenvalue weighted by Crippen LogP contribution is -2.13. The van der Waals surface area contributed by atoms with Crippen LogP contribution in [0.2, 0.25) is 0 Å². The molecule has 59 heavy (non-hydrogen) atoms. The van der Waals surface area contributed by atoms with Gasteiger partial charge in [0.2, 0.25) is 11.9 Å². The van der Waals surface area contributed by atoms with Gasteiger partial charge in [-0.3, -0.25) is 0 Å². The lowest BCUT2D eigenvalue weighted by molar-refractivity contribution is 0.0651. The molecule has 0 aliphatic carbocycles. The molecule has 10 N–H and O–H groups in total. The van der Waals surface area contributed by atoms with E-state index in [4.69, 9.17) is 5.73 Å². The molecule has 0 amide bonds. The number of azo groups is 1. The molecule has 0 spiro atoms. The molecule has 0 fully saturated rings. The second-order valence-corrected chi connectivity index (χ2v) is 13.0. The van der Waals surface area contributed by atoms with Crippen LogP contribution in [0.4, 0.5) is 39.9 Å². The summed E-state index contributed by atoms with van der Waals surface area (Å²) in [6, 6.07) is 10.1. The van der Waals surface area contributed by atoms with Crippen molar-refractivity contribution in [1.82, 2.24) is 34.9 Å². The summed E-state index contributed by atoms with van der Waals surface area (Å²) in [5.74, 6) is -9.73. The van der Waals surface area contributed by atoms with Crippen LogP contribution in [0.3, 0.4) is 0 Å². The van der Waals surface area contributed by atoms with Gasteiger partial charge in [-0.2, -0.15) is 24.7 Å². The van der Waals surface area contributed by atoms with Crippen molar-refractivity contribution in [2.24, 2.45) is 10.2 Å². The highest BCUT2D eigenvalue weighted by Crippen LogP contribution is 2.32. The third-order valence-corrected chi connectivity index (χ3v) is 8.64. The molecule has 3 aromatic heterocycles. The van der Waals surface area contributed by atoms with E-state index < -0.39 is 63.6 Å². The maximum atomic E-state index is 11.7. The molecule has 0 bridgehead atoms. The molecule has 0 unspecified atom stereocenters. The van der Waals surface area contributed by atoms with E-state index in [9.17, 15) is 59.4 Å². The summed E-state index contributed by atoms with van der Waals surface area (Å²) in [7, 11) is 0. The normalized spacial score (nSPS) is 11.0. The molecular weight excluding hydrogens is 801 g/mol. The van der Waals surface area contributed by atoms with E-state index >= 15 is 0 Å². The van der Waals surface area contributed by atoms with E-state index in [1.54, 1.807) is 0 Å². The van der Waals surface area contributed by atoms with Crippen molar-refractivity contribution in [2.45, 2.75) is 13.3 Å². The number of aromatic nitrogens is 7. The van der Waals surface area contributed by atoms with Crippen molar-refractivity contribution in [3.8, 4) is 5.95 Å². The predicted octanol–water partition coefficient (Wildman–Crippen LogP) is 4.48. The number of carboxylic acids is 6. The van der Waals surface area contributed by atoms with Gasteiger partial charge in [0.1, 0.15) is 5.01 Å². The first-order valence-electron chi connectivity index (χ1n) is 16.2. The number of hydrogen-bond acceptors (Lipinski definition) is 18. The standard InChI is InChI=1S/C34H24N12O12S/c1-12-23(42-44-34-43-41-22(59-34)5-13-2-3-20(29(55)56)21(4-13)30(57)58)24(35)46(45-12)33-39-31(36-18-8-14(25(47)48)6-15(9-18)26(49)50)38-32(40-33)37-19-10-16(27(51)52)7-17(11-19)28(53)54/h2-4,6-11H,5,35H2,1H3,(H,47,48)(H,49,50)(H,51,52)(H,53,54)(H,55,56)(H,57,58)(H2,36,37,38,39,40).